The van der Waals surface area contributed by atoms with Gasteiger partial charge in [-0.25, -0.2) is 0 Å². The Hall–Kier alpha value is -0.570. The summed E-state index contributed by atoms with van der Waals surface area (Å²) in [7, 11) is 9.93. The van der Waals surface area contributed by atoms with Crippen molar-refractivity contribution in [1.82, 2.24) is 20.4 Å². The fraction of sp³-hybridized carbons (Fsp3) is 0.905. The third-order valence-electron chi connectivity index (χ3n) is 6.84. The molecule has 2 atom stereocenters. The molecule has 1 amide bonds. The summed E-state index contributed by atoms with van der Waals surface area (Å²) < 4.78 is 0. The first-order valence-corrected chi connectivity index (χ1v) is 10.6. The highest BCUT2D eigenvalue weighted by molar-refractivity contribution is 14.0. The lowest BCUT2D eigenvalue weighted by Crippen LogP contribution is -2.57. The number of nitrogens with one attached hydrogen (secondary N) is 2. The molecule has 0 aromatic rings. The zero-order chi connectivity index (χ0) is 20.1. The normalized spacial score (nSPS) is 27.2. The average molecular weight is 508 g/mol. The van der Waals surface area contributed by atoms with Crippen LogP contribution in [0.15, 0.2) is 4.99 Å². The predicted octanol–water partition coefficient (Wildman–Crippen LogP) is 2.93. The molecule has 0 bridgehead atoms. The number of rotatable bonds is 6. The van der Waals surface area contributed by atoms with Crippen LogP contribution in [0.2, 0.25) is 0 Å². The van der Waals surface area contributed by atoms with Gasteiger partial charge in [0.05, 0.1) is 5.41 Å². The van der Waals surface area contributed by atoms with Gasteiger partial charge in [-0.3, -0.25) is 9.79 Å². The molecule has 0 radical (unpaired) electrons. The van der Waals surface area contributed by atoms with Crippen LogP contribution in [0.3, 0.4) is 0 Å². The topological polar surface area (TPSA) is 60.0 Å². The molecule has 0 heterocycles. The van der Waals surface area contributed by atoms with Crippen molar-refractivity contribution in [3.8, 4) is 0 Å². The van der Waals surface area contributed by atoms with Crippen LogP contribution in [0.4, 0.5) is 0 Å². The molecule has 2 unspecified atom stereocenters. The highest BCUT2D eigenvalue weighted by atomic mass is 127. The summed E-state index contributed by atoms with van der Waals surface area (Å²) in [4.78, 5) is 21.3. The number of nitrogens with zero attached hydrogens (tertiary/aromatic N) is 3. The fourth-order valence-corrected chi connectivity index (χ4v) is 5.07. The smallest absolute Gasteiger partial charge is 0.230 e. The van der Waals surface area contributed by atoms with E-state index in [1.807, 2.05) is 21.1 Å². The third kappa shape index (κ3) is 5.97. The van der Waals surface area contributed by atoms with Crippen molar-refractivity contribution in [2.24, 2.45) is 16.3 Å². The summed E-state index contributed by atoms with van der Waals surface area (Å²) >= 11 is 0. The second-order valence-corrected chi connectivity index (χ2v) is 9.29. The Morgan fingerprint density at radius 1 is 1.04 bits per heavy atom. The van der Waals surface area contributed by atoms with Gasteiger partial charge in [-0.15, -0.1) is 24.0 Å². The minimum atomic E-state index is -0.278. The second kappa shape index (κ2) is 11.0. The van der Waals surface area contributed by atoms with Crippen molar-refractivity contribution in [1.29, 1.82) is 0 Å². The van der Waals surface area contributed by atoms with Crippen LogP contribution in [0.5, 0.6) is 0 Å². The minimum absolute atomic E-state index is 0. The summed E-state index contributed by atoms with van der Waals surface area (Å²) in [5, 5.41) is 7.03. The van der Waals surface area contributed by atoms with E-state index in [2.05, 4.69) is 41.5 Å². The third-order valence-corrected chi connectivity index (χ3v) is 6.84. The van der Waals surface area contributed by atoms with Crippen molar-refractivity contribution < 1.29 is 4.79 Å². The maximum Gasteiger partial charge on any atom is 0.230 e. The maximum absolute atomic E-state index is 12.8. The number of amides is 1. The molecule has 0 aliphatic heterocycles. The molecule has 2 aliphatic carbocycles. The van der Waals surface area contributed by atoms with Gasteiger partial charge in [-0.05, 0) is 45.7 Å². The Balaban J connectivity index is 0.00000392. The molecule has 7 heteroatoms. The van der Waals surface area contributed by atoms with E-state index in [9.17, 15) is 4.79 Å². The van der Waals surface area contributed by atoms with Crippen LogP contribution in [0.1, 0.15) is 58.3 Å². The highest BCUT2D eigenvalue weighted by Gasteiger charge is 2.42. The van der Waals surface area contributed by atoms with Gasteiger partial charge in [0.1, 0.15) is 0 Å². The second-order valence-electron chi connectivity index (χ2n) is 9.29. The van der Waals surface area contributed by atoms with Gasteiger partial charge in [0.2, 0.25) is 5.91 Å². The van der Waals surface area contributed by atoms with E-state index in [0.717, 1.165) is 44.1 Å². The lowest BCUT2D eigenvalue weighted by Gasteiger charge is -2.45. The van der Waals surface area contributed by atoms with Crippen LogP contribution in [-0.4, -0.2) is 75.5 Å². The van der Waals surface area contributed by atoms with Gasteiger partial charge in [0, 0.05) is 39.8 Å². The van der Waals surface area contributed by atoms with Crippen molar-refractivity contribution in [3.63, 3.8) is 0 Å². The van der Waals surface area contributed by atoms with E-state index < -0.39 is 0 Å². The summed E-state index contributed by atoms with van der Waals surface area (Å²) in [6.07, 6.45) is 9.25. The van der Waals surface area contributed by atoms with Crippen LogP contribution >= 0.6 is 24.0 Å². The Morgan fingerprint density at radius 2 is 1.64 bits per heavy atom. The molecule has 0 saturated heterocycles. The molecule has 0 spiro atoms. The number of carbonyl (C=O) groups excluding carboxylic acids is 1. The zero-order valence-corrected chi connectivity index (χ0v) is 21.1. The quantitative estimate of drug-likeness (QED) is 0.330. The summed E-state index contributed by atoms with van der Waals surface area (Å²) in [6.45, 7) is 3.91. The van der Waals surface area contributed by atoms with E-state index in [1.165, 1.54) is 25.7 Å². The first-order chi connectivity index (χ1) is 12.7. The molecule has 164 valence electrons. The van der Waals surface area contributed by atoms with Gasteiger partial charge in [0.15, 0.2) is 5.96 Å². The Morgan fingerprint density at radius 3 is 2.14 bits per heavy atom. The first-order valence-electron chi connectivity index (χ1n) is 10.6. The molecular weight excluding hydrogens is 465 g/mol. The molecule has 2 N–H and O–H groups in total. The van der Waals surface area contributed by atoms with E-state index in [0.29, 0.717) is 6.54 Å². The number of halogens is 1. The fourth-order valence-electron chi connectivity index (χ4n) is 5.07. The van der Waals surface area contributed by atoms with Crippen molar-refractivity contribution in [3.05, 3.63) is 0 Å². The molecule has 6 nitrogen and oxygen atoms in total. The van der Waals surface area contributed by atoms with Crippen LogP contribution < -0.4 is 10.6 Å². The number of aliphatic imine (C=N–C) groups is 1. The van der Waals surface area contributed by atoms with Crippen molar-refractivity contribution in [2.75, 3.05) is 48.3 Å². The van der Waals surface area contributed by atoms with Gasteiger partial charge >= 0.3 is 0 Å². The minimum Gasteiger partial charge on any atom is -0.355 e. The molecule has 28 heavy (non-hydrogen) atoms. The molecular formula is C21H42IN5O. The van der Waals surface area contributed by atoms with E-state index in [-0.39, 0.29) is 40.8 Å². The summed E-state index contributed by atoms with van der Waals surface area (Å²) in [5.74, 6) is 1.82. The molecule has 2 rings (SSSR count). The molecule has 2 saturated carbocycles. The Labute approximate surface area is 189 Å². The van der Waals surface area contributed by atoms with Crippen molar-refractivity contribution in [2.45, 2.75) is 63.8 Å². The maximum atomic E-state index is 12.8. The number of hydrogen-bond acceptors (Lipinski definition) is 3. The highest BCUT2D eigenvalue weighted by Crippen LogP contribution is 2.39. The van der Waals surface area contributed by atoms with Crippen LogP contribution in [-0.2, 0) is 4.79 Å². The van der Waals surface area contributed by atoms with Gasteiger partial charge in [-0.1, -0.05) is 32.6 Å². The van der Waals surface area contributed by atoms with Gasteiger partial charge in [0.25, 0.3) is 0 Å². The van der Waals surface area contributed by atoms with E-state index in [4.69, 9.17) is 0 Å². The molecule has 2 fully saturated rings. The number of hydrogen-bond donors (Lipinski definition) is 2. The van der Waals surface area contributed by atoms with Crippen LogP contribution in [0.25, 0.3) is 0 Å². The SMILES string of the molecule is CN=C(NCC1(C(=O)N(C)C)CCCC1)NCC1(N(C)C)CCCC(C)C1.I. The van der Waals surface area contributed by atoms with E-state index in [1.54, 1.807) is 4.90 Å². The largest absolute Gasteiger partial charge is 0.355 e. The van der Waals surface area contributed by atoms with Crippen molar-refractivity contribution >= 4 is 35.8 Å². The zero-order valence-electron chi connectivity index (χ0n) is 18.8. The Kier molecular flexibility index (Phi) is 10.00. The van der Waals surface area contributed by atoms with Gasteiger partial charge < -0.3 is 20.4 Å². The summed E-state index contributed by atoms with van der Waals surface area (Å²) in [6, 6.07) is 0. The standard InChI is InChI=1S/C21H41N5O.HI/c1-17-10-9-13-21(14-17,26(5)6)16-24-19(22-2)23-15-20(11-7-8-12-20)18(27)25(3)4;/h17H,7-16H2,1-6H3,(H2,22,23,24);1H. The van der Waals surface area contributed by atoms with Crippen LogP contribution in [0, 0.1) is 11.3 Å². The molecule has 2 aliphatic rings. The average Bonchev–Trinajstić information content (AvgIpc) is 3.11. The number of guanidine groups is 1. The first kappa shape index (κ1) is 25.5. The lowest BCUT2D eigenvalue weighted by molar-refractivity contribution is -0.138. The molecule has 0 aromatic heterocycles. The monoisotopic (exact) mass is 507 g/mol. The van der Waals surface area contributed by atoms with Gasteiger partial charge in [-0.2, -0.15) is 0 Å². The lowest BCUT2D eigenvalue weighted by atomic mass is 9.75. The summed E-state index contributed by atoms with van der Waals surface area (Å²) in [5.41, 5.74) is -0.0977. The molecule has 0 aromatic carbocycles. The predicted molar refractivity (Wildman–Crippen MR) is 128 cm³/mol. The number of carbonyl (C=O) groups is 1. The number of likely N-dealkylation sites (N-methyl/N-ethyl adjacent to an activating group) is 1. The Bertz CT molecular complexity index is 531. The van der Waals surface area contributed by atoms with E-state index >= 15 is 0 Å².